The van der Waals surface area contributed by atoms with Crippen molar-refractivity contribution in [2.24, 2.45) is 11.8 Å². The topological polar surface area (TPSA) is 66.0 Å². The van der Waals surface area contributed by atoms with Crippen LogP contribution in [0.4, 0.5) is 4.39 Å². The van der Waals surface area contributed by atoms with Crippen LogP contribution in [0.5, 0.6) is 11.5 Å². The van der Waals surface area contributed by atoms with E-state index in [4.69, 9.17) is 18.9 Å². The molecule has 1 N–H and O–H groups in total. The zero-order chi connectivity index (χ0) is 25.7. The molecule has 0 amide bonds. The van der Waals surface area contributed by atoms with Crippen molar-refractivity contribution < 1.29 is 28.1 Å². The number of halogens is 1. The number of fused-ring (bicyclic) bond motifs is 3. The van der Waals surface area contributed by atoms with Gasteiger partial charge in [-0.05, 0) is 69.5 Å². The van der Waals surface area contributed by atoms with E-state index >= 15 is 0 Å². The van der Waals surface area contributed by atoms with Gasteiger partial charge in [-0.1, -0.05) is 25.5 Å². The van der Waals surface area contributed by atoms with Crippen molar-refractivity contribution in [3.05, 3.63) is 59.4 Å². The minimum atomic E-state index is -0.550. The third-order valence-electron chi connectivity index (χ3n) is 7.31. The number of unbranched alkanes of at least 4 members (excludes halogenated alkanes) is 1. The number of ether oxygens (including phenoxy) is 4. The van der Waals surface area contributed by atoms with Crippen LogP contribution in [-0.4, -0.2) is 44.5 Å². The number of nitrogens with one attached hydrogen (secondary N) is 1. The highest BCUT2D eigenvalue weighted by atomic mass is 19.1. The lowest BCUT2D eigenvalue weighted by atomic mass is 9.71. The standard InChI is InChI=1S/C29H38FNO5/c1-5-6-13-31-14-15-34-21-11-12-22-26(17-21)36-29(2,3)24-18-23(28(32)33-4)25(35-27(22)24)16-19-7-9-20(30)10-8-19/h7-12,17,23-25,27,31H,5-6,13-16,18H2,1-4H3/t23-,24-,25-,27+/m1/s1. The maximum absolute atomic E-state index is 13.4. The van der Waals surface area contributed by atoms with E-state index in [2.05, 4.69) is 12.2 Å². The van der Waals surface area contributed by atoms with Crippen molar-refractivity contribution in [3.63, 3.8) is 0 Å². The number of hydrogen-bond acceptors (Lipinski definition) is 6. The van der Waals surface area contributed by atoms with Gasteiger partial charge in [-0.2, -0.15) is 0 Å². The molecule has 0 saturated carbocycles. The number of rotatable bonds is 10. The predicted octanol–water partition coefficient (Wildman–Crippen LogP) is 5.24. The van der Waals surface area contributed by atoms with Crippen LogP contribution in [-0.2, 0) is 20.7 Å². The highest BCUT2D eigenvalue weighted by molar-refractivity contribution is 5.73. The van der Waals surface area contributed by atoms with Crippen LogP contribution < -0.4 is 14.8 Å². The Hall–Kier alpha value is -2.64. The first-order chi connectivity index (χ1) is 17.3. The van der Waals surface area contributed by atoms with E-state index in [1.807, 2.05) is 32.0 Å². The molecule has 2 aliphatic rings. The Balaban J connectivity index is 1.53. The van der Waals surface area contributed by atoms with E-state index in [9.17, 15) is 9.18 Å². The first kappa shape index (κ1) is 26.4. The first-order valence-corrected chi connectivity index (χ1v) is 13.0. The molecule has 0 aromatic heterocycles. The number of methoxy groups -OCH3 is 1. The second-order valence-corrected chi connectivity index (χ2v) is 10.3. The Morgan fingerprint density at radius 1 is 1.17 bits per heavy atom. The summed E-state index contributed by atoms with van der Waals surface area (Å²) in [5, 5.41) is 3.38. The molecular formula is C29H38FNO5. The Morgan fingerprint density at radius 2 is 1.94 bits per heavy atom. The van der Waals surface area contributed by atoms with Crippen molar-refractivity contribution in [1.82, 2.24) is 5.32 Å². The second-order valence-electron chi connectivity index (χ2n) is 10.3. The van der Waals surface area contributed by atoms with Gasteiger partial charge in [0.05, 0.1) is 25.2 Å². The zero-order valence-electron chi connectivity index (χ0n) is 21.7. The van der Waals surface area contributed by atoms with Gasteiger partial charge in [-0.25, -0.2) is 4.39 Å². The quantitative estimate of drug-likeness (QED) is 0.356. The molecule has 0 unspecified atom stereocenters. The summed E-state index contributed by atoms with van der Waals surface area (Å²) in [6.45, 7) is 8.61. The highest BCUT2D eigenvalue weighted by Gasteiger charge is 2.52. The summed E-state index contributed by atoms with van der Waals surface area (Å²) >= 11 is 0. The lowest BCUT2D eigenvalue weighted by Gasteiger charge is -2.50. The SMILES string of the molecule is CCCCNCCOc1ccc2c(c1)OC(C)(C)[C@@H]1C[C@@H](C(=O)OC)[C@@H](Cc3ccc(F)cc3)O[C@@H]21. The molecule has 7 heteroatoms. The van der Waals surface area contributed by atoms with Crippen LogP contribution in [0.15, 0.2) is 42.5 Å². The van der Waals surface area contributed by atoms with Gasteiger partial charge in [0.1, 0.15) is 29.5 Å². The van der Waals surface area contributed by atoms with E-state index in [0.717, 1.165) is 42.1 Å². The maximum atomic E-state index is 13.4. The summed E-state index contributed by atoms with van der Waals surface area (Å²) in [5.41, 5.74) is 1.32. The molecule has 2 aromatic carbocycles. The van der Waals surface area contributed by atoms with E-state index < -0.39 is 17.6 Å². The highest BCUT2D eigenvalue weighted by Crippen LogP contribution is 2.53. The summed E-state index contributed by atoms with van der Waals surface area (Å²) in [7, 11) is 1.40. The monoisotopic (exact) mass is 499 g/mol. The average Bonchev–Trinajstić information content (AvgIpc) is 2.86. The van der Waals surface area contributed by atoms with E-state index in [0.29, 0.717) is 19.4 Å². The molecule has 0 spiro atoms. The Morgan fingerprint density at radius 3 is 2.67 bits per heavy atom. The summed E-state index contributed by atoms with van der Waals surface area (Å²) < 4.78 is 37.7. The van der Waals surface area contributed by atoms with E-state index in [1.54, 1.807) is 12.1 Å². The average molecular weight is 500 g/mol. The van der Waals surface area contributed by atoms with Crippen LogP contribution in [0.25, 0.3) is 0 Å². The molecule has 1 saturated heterocycles. The fourth-order valence-corrected chi connectivity index (χ4v) is 5.26. The smallest absolute Gasteiger partial charge is 0.311 e. The Bertz CT molecular complexity index is 1020. The number of carbonyl (C=O) groups excluding carboxylic acids is 1. The Kier molecular flexibility index (Phi) is 8.52. The van der Waals surface area contributed by atoms with Crippen molar-refractivity contribution in [2.75, 3.05) is 26.8 Å². The molecule has 4 atom stereocenters. The zero-order valence-corrected chi connectivity index (χ0v) is 21.7. The van der Waals surface area contributed by atoms with Crippen LogP contribution in [0.1, 0.15) is 57.3 Å². The molecule has 2 heterocycles. The molecule has 2 aliphatic heterocycles. The van der Waals surface area contributed by atoms with Gasteiger partial charge in [0.2, 0.25) is 0 Å². The molecule has 0 radical (unpaired) electrons. The third kappa shape index (κ3) is 6.01. The second kappa shape index (κ2) is 11.6. The predicted molar refractivity (Wildman–Crippen MR) is 136 cm³/mol. The normalized spacial score (nSPS) is 24.2. The van der Waals surface area contributed by atoms with Crippen molar-refractivity contribution in [2.45, 2.75) is 64.3 Å². The summed E-state index contributed by atoms with van der Waals surface area (Å²) in [6.07, 6.45) is 2.77. The minimum Gasteiger partial charge on any atom is -0.492 e. The van der Waals surface area contributed by atoms with Crippen LogP contribution in [0.2, 0.25) is 0 Å². The van der Waals surface area contributed by atoms with Gasteiger partial charge in [0, 0.05) is 24.1 Å². The maximum Gasteiger partial charge on any atom is 0.311 e. The van der Waals surface area contributed by atoms with E-state index in [-0.39, 0.29) is 23.8 Å². The number of esters is 1. The Labute approximate surface area is 213 Å². The molecular weight excluding hydrogens is 461 g/mol. The van der Waals surface area contributed by atoms with Gasteiger partial charge in [-0.3, -0.25) is 4.79 Å². The molecule has 0 bridgehead atoms. The first-order valence-electron chi connectivity index (χ1n) is 13.0. The number of hydrogen-bond donors (Lipinski definition) is 1. The lowest BCUT2D eigenvalue weighted by Crippen LogP contribution is -2.53. The molecule has 36 heavy (non-hydrogen) atoms. The van der Waals surface area contributed by atoms with Gasteiger partial charge in [0.25, 0.3) is 0 Å². The molecule has 1 fully saturated rings. The molecule has 4 rings (SSSR count). The van der Waals surface area contributed by atoms with Crippen LogP contribution in [0.3, 0.4) is 0 Å². The summed E-state index contributed by atoms with van der Waals surface area (Å²) in [5.74, 6) is 0.448. The van der Waals surface area contributed by atoms with Gasteiger partial charge in [0.15, 0.2) is 0 Å². The van der Waals surface area contributed by atoms with Crippen molar-refractivity contribution >= 4 is 5.97 Å². The lowest BCUT2D eigenvalue weighted by molar-refractivity contribution is -0.189. The fourth-order valence-electron chi connectivity index (χ4n) is 5.26. The number of carbonyl (C=O) groups is 1. The number of benzene rings is 2. The summed E-state index contributed by atoms with van der Waals surface area (Å²) in [6, 6.07) is 12.2. The summed E-state index contributed by atoms with van der Waals surface area (Å²) in [4.78, 5) is 12.8. The van der Waals surface area contributed by atoms with Gasteiger partial charge >= 0.3 is 5.97 Å². The molecule has 196 valence electrons. The van der Waals surface area contributed by atoms with Crippen molar-refractivity contribution in [1.29, 1.82) is 0 Å². The minimum absolute atomic E-state index is 0.0342. The van der Waals surface area contributed by atoms with E-state index in [1.165, 1.54) is 25.7 Å². The fraction of sp³-hybridized carbons (Fsp3) is 0.552. The van der Waals surface area contributed by atoms with Gasteiger partial charge in [-0.15, -0.1) is 0 Å². The largest absolute Gasteiger partial charge is 0.492 e. The molecule has 2 aromatic rings. The van der Waals surface area contributed by atoms with Crippen molar-refractivity contribution in [3.8, 4) is 11.5 Å². The van der Waals surface area contributed by atoms with Gasteiger partial charge < -0.3 is 24.3 Å². The molecule has 6 nitrogen and oxygen atoms in total. The molecule has 0 aliphatic carbocycles. The van der Waals surface area contributed by atoms with Crippen LogP contribution >= 0.6 is 0 Å². The van der Waals surface area contributed by atoms with Crippen LogP contribution in [0, 0.1) is 17.7 Å². The third-order valence-corrected chi connectivity index (χ3v) is 7.31.